The standard InChI is InChI=1S/C9H12.C8H9Cl.C2H6/c1-3-9-7-5-4-6-8(9)2;1-7-4-2-3-5-8(7)6-9;1-2/h4-7H,3H2,1-2H3;2-5H,6H2,1H3;1-2H3/i1+1;;1+1. The predicted octanol–water partition coefficient (Wildman–Crippen LogP) is 6.32. The lowest BCUT2D eigenvalue weighted by Gasteiger charge is -1.98. The lowest BCUT2D eigenvalue weighted by molar-refractivity contribution is 1.11. The zero-order chi connectivity index (χ0) is 15.4. The van der Waals surface area contributed by atoms with Gasteiger partial charge in [0.05, 0.1) is 0 Å². The molecule has 0 saturated heterocycles. The first-order chi connectivity index (χ1) is 9.69. The van der Waals surface area contributed by atoms with E-state index in [-0.39, 0.29) is 0 Å². The minimum Gasteiger partial charge on any atom is -0.122 e. The van der Waals surface area contributed by atoms with E-state index in [1.54, 1.807) is 0 Å². The smallest absolute Gasteiger partial charge is 0.0476 e. The maximum atomic E-state index is 5.63. The van der Waals surface area contributed by atoms with Crippen molar-refractivity contribution in [3.05, 3.63) is 70.8 Å². The Morgan fingerprint density at radius 2 is 1.15 bits per heavy atom. The molecule has 2 aromatic carbocycles. The summed E-state index contributed by atoms with van der Waals surface area (Å²) < 4.78 is 0. The quantitative estimate of drug-likeness (QED) is 0.449. The van der Waals surface area contributed by atoms with Crippen LogP contribution in [-0.4, -0.2) is 0 Å². The molecular weight excluding hydrogens is 266 g/mol. The molecule has 0 aliphatic heterocycles. The Balaban J connectivity index is 0.000000321. The molecule has 0 spiro atoms. The fourth-order valence-corrected chi connectivity index (χ4v) is 2.07. The van der Waals surface area contributed by atoms with Crippen LogP contribution in [0.5, 0.6) is 0 Å². The van der Waals surface area contributed by atoms with Crippen LogP contribution in [0.4, 0.5) is 0 Å². The molecule has 0 N–H and O–H groups in total. The third-order valence-corrected chi connectivity index (χ3v) is 3.34. The molecule has 0 saturated carbocycles. The maximum Gasteiger partial charge on any atom is 0.0476 e. The van der Waals surface area contributed by atoms with Crippen LogP contribution >= 0.6 is 11.6 Å². The first kappa shape index (κ1) is 18.7. The molecular formula is C19H27Cl. The predicted molar refractivity (Wildman–Crippen MR) is 92.6 cm³/mol. The Bertz CT molecular complexity index is 429. The number of hydrogen-bond acceptors (Lipinski definition) is 0. The van der Waals surface area contributed by atoms with Crippen molar-refractivity contribution in [3.8, 4) is 0 Å². The van der Waals surface area contributed by atoms with Gasteiger partial charge in [-0.3, -0.25) is 0 Å². The third kappa shape index (κ3) is 6.77. The number of alkyl halides is 1. The highest BCUT2D eigenvalue weighted by Gasteiger charge is 1.91. The van der Waals surface area contributed by atoms with E-state index < -0.39 is 0 Å². The van der Waals surface area contributed by atoms with Gasteiger partial charge in [-0.25, -0.2) is 0 Å². The molecule has 2 aromatic rings. The van der Waals surface area contributed by atoms with Gasteiger partial charge < -0.3 is 0 Å². The molecule has 0 nitrogen and oxygen atoms in total. The molecule has 1 heteroatoms. The highest BCUT2D eigenvalue weighted by Crippen LogP contribution is 2.08. The number of aryl methyl sites for hydroxylation is 3. The summed E-state index contributed by atoms with van der Waals surface area (Å²) in [6.07, 6.45) is 1.15. The van der Waals surface area contributed by atoms with E-state index in [1.165, 1.54) is 22.3 Å². The van der Waals surface area contributed by atoms with Gasteiger partial charge in [0.2, 0.25) is 0 Å². The lowest BCUT2D eigenvalue weighted by atomic mass is 10.1. The van der Waals surface area contributed by atoms with E-state index in [0.717, 1.165) is 6.42 Å². The zero-order valence-electron chi connectivity index (χ0n) is 13.4. The Kier molecular flexibility index (Phi) is 10.8. The number of halogens is 1. The molecule has 0 heterocycles. The largest absolute Gasteiger partial charge is 0.122 e. The summed E-state index contributed by atoms with van der Waals surface area (Å²) in [6.45, 7) is 10.4. The van der Waals surface area contributed by atoms with Gasteiger partial charge in [0, 0.05) is 5.88 Å². The van der Waals surface area contributed by atoms with Crippen molar-refractivity contribution in [2.24, 2.45) is 0 Å². The molecule has 0 amide bonds. The van der Waals surface area contributed by atoms with Crippen molar-refractivity contribution in [2.45, 2.75) is 46.9 Å². The summed E-state index contributed by atoms with van der Waals surface area (Å²) in [5.74, 6) is 0.618. The Hall–Kier alpha value is -1.27. The van der Waals surface area contributed by atoms with Gasteiger partial charge >= 0.3 is 0 Å². The van der Waals surface area contributed by atoms with Crippen LogP contribution in [-0.2, 0) is 12.3 Å². The van der Waals surface area contributed by atoms with Crippen molar-refractivity contribution >= 4 is 11.6 Å². The Morgan fingerprint density at radius 3 is 1.40 bits per heavy atom. The Morgan fingerprint density at radius 1 is 0.750 bits per heavy atom. The highest BCUT2D eigenvalue weighted by molar-refractivity contribution is 6.17. The monoisotopic (exact) mass is 292 g/mol. The van der Waals surface area contributed by atoms with E-state index >= 15 is 0 Å². The van der Waals surface area contributed by atoms with Crippen molar-refractivity contribution in [2.75, 3.05) is 0 Å². The van der Waals surface area contributed by atoms with E-state index in [0.29, 0.717) is 5.88 Å². The molecule has 0 aromatic heterocycles. The number of benzene rings is 2. The van der Waals surface area contributed by atoms with Gasteiger partial charge in [-0.15, -0.1) is 11.6 Å². The fraction of sp³-hybridized carbons (Fsp3) is 0.368. The molecule has 0 aliphatic carbocycles. The van der Waals surface area contributed by atoms with Gasteiger partial charge in [-0.05, 0) is 42.5 Å². The molecule has 0 unspecified atom stereocenters. The van der Waals surface area contributed by atoms with Crippen molar-refractivity contribution < 1.29 is 0 Å². The minimum absolute atomic E-state index is 0.618. The second-order valence-electron chi connectivity index (χ2n) is 4.34. The first-order valence-electron chi connectivity index (χ1n) is 7.34. The van der Waals surface area contributed by atoms with Crippen LogP contribution in [0.25, 0.3) is 0 Å². The second kappa shape index (κ2) is 11.5. The van der Waals surface area contributed by atoms with E-state index in [4.69, 9.17) is 11.6 Å². The van der Waals surface area contributed by atoms with Crippen LogP contribution in [0, 0.1) is 13.8 Å². The third-order valence-electron chi connectivity index (χ3n) is 3.05. The van der Waals surface area contributed by atoms with E-state index in [2.05, 4.69) is 51.1 Å². The minimum atomic E-state index is 0.618. The SMILES string of the molecule is C[13CH3].Cc1ccccc1CCl.Cc1ccccc1C[13CH3]. The van der Waals surface area contributed by atoms with Gasteiger partial charge in [-0.1, -0.05) is 69.3 Å². The molecule has 2 rings (SSSR count). The summed E-state index contributed by atoms with van der Waals surface area (Å²) in [5, 5.41) is 0. The van der Waals surface area contributed by atoms with Crippen LogP contribution in [0.1, 0.15) is 43.0 Å². The fourth-order valence-electron chi connectivity index (χ4n) is 1.77. The van der Waals surface area contributed by atoms with E-state index in [9.17, 15) is 0 Å². The summed E-state index contributed by atoms with van der Waals surface area (Å²) >= 11 is 5.63. The van der Waals surface area contributed by atoms with Crippen molar-refractivity contribution in [1.82, 2.24) is 0 Å². The van der Waals surface area contributed by atoms with Crippen LogP contribution < -0.4 is 0 Å². The normalized spacial score (nSPS) is 8.90. The Labute approximate surface area is 129 Å². The average molecular weight is 293 g/mol. The molecule has 0 atom stereocenters. The number of hydrogen-bond donors (Lipinski definition) is 0. The van der Waals surface area contributed by atoms with Crippen molar-refractivity contribution in [1.29, 1.82) is 0 Å². The highest BCUT2D eigenvalue weighted by atomic mass is 35.5. The lowest BCUT2D eigenvalue weighted by Crippen LogP contribution is -1.82. The summed E-state index contributed by atoms with van der Waals surface area (Å²) in [5.41, 5.74) is 5.35. The summed E-state index contributed by atoms with van der Waals surface area (Å²) in [6, 6.07) is 16.6. The van der Waals surface area contributed by atoms with Crippen LogP contribution in [0.3, 0.4) is 0 Å². The molecule has 0 radical (unpaired) electrons. The van der Waals surface area contributed by atoms with Crippen LogP contribution in [0.2, 0.25) is 0 Å². The topological polar surface area (TPSA) is 0 Å². The summed E-state index contributed by atoms with van der Waals surface area (Å²) in [4.78, 5) is 0. The number of rotatable bonds is 2. The van der Waals surface area contributed by atoms with Gasteiger partial charge in [0.25, 0.3) is 0 Å². The molecule has 0 fully saturated rings. The molecule has 0 bridgehead atoms. The van der Waals surface area contributed by atoms with Crippen molar-refractivity contribution in [3.63, 3.8) is 0 Å². The first-order valence-corrected chi connectivity index (χ1v) is 7.87. The molecule has 110 valence electrons. The van der Waals surface area contributed by atoms with E-state index in [1.807, 2.05) is 32.0 Å². The van der Waals surface area contributed by atoms with Gasteiger partial charge in [0.15, 0.2) is 0 Å². The second-order valence-corrected chi connectivity index (χ2v) is 4.61. The maximum absolute atomic E-state index is 5.63. The average Bonchev–Trinajstić information content (AvgIpc) is 2.51. The summed E-state index contributed by atoms with van der Waals surface area (Å²) in [7, 11) is 0. The molecule has 20 heavy (non-hydrogen) atoms. The zero-order valence-corrected chi connectivity index (χ0v) is 14.2. The van der Waals surface area contributed by atoms with Crippen LogP contribution in [0.15, 0.2) is 48.5 Å². The molecule has 0 aliphatic rings. The van der Waals surface area contributed by atoms with Gasteiger partial charge in [-0.2, -0.15) is 0 Å². The van der Waals surface area contributed by atoms with Gasteiger partial charge in [0.1, 0.15) is 0 Å².